The van der Waals surface area contributed by atoms with E-state index in [1.54, 1.807) is 0 Å². The summed E-state index contributed by atoms with van der Waals surface area (Å²) in [5, 5.41) is 14.1. The highest BCUT2D eigenvalue weighted by Crippen LogP contribution is 2.17. The van der Waals surface area contributed by atoms with Crippen LogP contribution in [0.25, 0.3) is 0 Å². The van der Waals surface area contributed by atoms with Gasteiger partial charge in [0.25, 0.3) is 0 Å². The number of carbonyl (C=O) groups is 3. The van der Waals surface area contributed by atoms with E-state index in [1.165, 1.54) is 11.3 Å². The lowest BCUT2D eigenvalue weighted by Crippen LogP contribution is -2.48. The van der Waals surface area contributed by atoms with Gasteiger partial charge in [-0.05, 0) is 19.3 Å². The van der Waals surface area contributed by atoms with Crippen molar-refractivity contribution in [3.8, 4) is 0 Å². The third-order valence-electron chi connectivity index (χ3n) is 3.51. The zero-order valence-corrected chi connectivity index (χ0v) is 12.6. The zero-order valence-electron chi connectivity index (χ0n) is 12.6. The van der Waals surface area contributed by atoms with Gasteiger partial charge < -0.3 is 20.6 Å². The van der Waals surface area contributed by atoms with E-state index in [0.29, 0.717) is 13.0 Å². The summed E-state index contributed by atoms with van der Waals surface area (Å²) in [7, 11) is 0. The van der Waals surface area contributed by atoms with Crippen molar-refractivity contribution in [1.82, 2.24) is 15.5 Å². The molecular formula is C14H25N3O4. The first-order valence-electron chi connectivity index (χ1n) is 7.56. The highest BCUT2D eigenvalue weighted by Gasteiger charge is 2.18. The Labute approximate surface area is 125 Å². The largest absolute Gasteiger partial charge is 0.480 e. The van der Waals surface area contributed by atoms with Crippen LogP contribution in [0.5, 0.6) is 0 Å². The first-order valence-corrected chi connectivity index (χ1v) is 7.56. The summed E-state index contributed by atoms with van der Waals surface area (Å²) < 4.78 is 0. The number of carboxylic acids is 1. The molecule has 7 heteroatoms. The molecule has 0 bridgehead atoms. The molecule has 0 aliphatic heterocycles. The Morgan fingerprint density at radius 2 is 1.86 bits per heavy atom. The molecule has 0 aromatic rings. The third-order valence-corrected chi connectivity index (χ3v) is 3.51. The number of carbonyl (C=O) groups excluding carboxylic acids is 2. The lowest BCUT2D eigenvalue weighted by molar-refractivity contribution is -0.144. The van der Waals surface area contributed by atoms with Crippen molar-refractivity contribution in [2.75, 3.05) is 19.6 Å². The maximum atomic E-state index is 11.9. The maximum Gasteiger partial charge on any atom is 0.323 e. The first kappa shape index (κ1) is 17.3. The predicted octanol–water partition coefficient (Wildman–Crippen LogP) is 0.941. The van der Waals surface area contributed by atoms with Crippen molar-refractivity contribution >= 4 is 17.9 Å². The minimum atomic E-state index is -1.05. The van der Waals surface area contributed by atoms with Crippen LogP contribution < -0.4 is 10.6 Å². The molecule has 0 aromatic heterocycles. The molecule has 0 atom stereocenters. The Kier molecular flexibility index (Phi) is 7.56. The van der Waals surface area contributed by atoms with Gasteiger partial charge >= 0.3 is 12.0 Å². The molecule has 7 nitrogen and oxygen atoms in total. The van der Waals surface area contributed by atoms with Gasteiger partial charge in [0.2, 0.25) is 5.91 Å². The number of rotatable bonds is 7. The fourth-order valence-corrected chi connectivity index (χ4v) is 2.48. The number of carboxylic acid groups (broad SMARTS) is 1. The maximum absolute atomic E-state index is 11.9. The summed E-state index contributed by atoms with van der Waals surface area (Å²) in [5.74, 6) is -1.43. The van der Waals surface area contributed by atoms with Gasteiger partial charge in [-0.25, -0.2) is 4.79 Å². The molecule has 1 saturated carbocycles. The molecule has 0 saturated heterocycles. The average molecular weight is 299 g/mol. The molecule has 3 N–H and O–H groups in total. The number of hydrogen-bond acceptors (Lipinski definition) is 3. The van der Waals surface area contributed by atoms with Gasteiger partial charge in [-0.3, -0.25) is 9.59 Å². The Morgan fingerprint density at radius 1 is 1.19 bits per heavy atom. The normalized spacial score (nSPS) is 15.3. The van der Waals surface area contributed by atoms with E-state index in [1.807, 2.05) is 6.92 Å². The highest BCUT2D eigenvalue weighted by atomic mass is 16.4. The van der Waals surface area contributed by atoms with Gasteiger partial charge in [0, 0.05) is 12.6 Å². The van der Waals surface area contributed by atoms with Gasteiger partial charge in [-0.2, -0.15) is 0 Å². The topological polar surface area (TPSA) is 98.7 Å². The zero-order chi connectivity index (χ0) is 15.7. The molecule has 3 amide bonds. The molecule has 120 valence electrons. The quantitative estimate of drug-likeness (QED) is 0.651. The summed E-state index contributed by atoms with van der Waals surface area (Å²) >= 11 is 0. The molecule has 21 heavy (non-hydrogen) atoms. The Bertz CT molecular complexity index is 367. The van der Waals surface area contributed by atoms with Crippen LogP contribution in [0.2, 0.25) is 0 Å². The second kappa shape index (κ2) is 9.20. The molecular weight excluding hydrogens is 274 g/mol. The second-order valence-corrected chi connectivity index (χ2v) is 5.37. The van der Waals surface area contributed by atoms with Crippen molar-refractivity contribution < 1.29 is 19.5 Å². The van der Waals surface area contributed by atoms with Crippen molar-refractivity contribution in [2.24, 2.45) is 0 Å². The van der Waals surface area contributed by atoms with Crippen LogP contribution in [-0.2, 0) is 9.59 Å². The number of hydrogen-bond donors (Lipinski definition) is 3. The lowest BCUT2D eigenvalue weighted by atomic mass is 9.96. The summed E-state index contributed by atoms with van der Waals surface area (Å²) in [6.07, 6.45) is 6.07. The van der Waals surface area contributed by atoms with E-state index in [-0.39, 0.29) is 31.1 Å². The molecule has 0 heterocycles. The van der Waals surface area contributed by atoms with E-state index in [9.17, 15) is 14.4 Å². The van der Waals surface area contributed by atoms with Gasteiger partial charge in [-0.1, -0.05) is 26.2 Å². The standard InChI is InChI=1S/C14H25N3O4/c1-2-8-17(10-13(19)20)12(18)9-15-14(21)16-11-6-4-3-5-7-11/h11H,2-10H2,1H3,(H,19,20)(H2,15,16,21). The van der Waals surface area contributed by atoms with Gasteiger partial charge in [0.1, 0.15) is 6.54 Å². The van der Waals surface area contributed by atoms with E-state index >= 15 is 0 Å². The van der Waals surface area contributed by atoms with Crippen molar-refractivity contribution in [3.63, 3.8) is 0 Å². The summed E-state index contributed by atoms with van der Waals surface area (Å²) in [6.45, 7) is 1.73. The van der Waals surface area contributed by atoms with Crippen LogP contribution in [0.15, 0.2) is 0 Å². The molecule has 0 unspecified atom stereocenters. The van der Waals surface area contributed by atoms with Crippen LogP contribution >= 0.6 is 0 Å². The van der Waals surface area contributed by atoms with E-state index in [2.05, 4.69) is 10.6 Å². The third kappa shape index (κ3) is 6.97. The van der Waals surface area contributed by atoms with Crippen LogP contribution in [0.1, 0.15) is 45.4 Å². The van der Waals surface area contributed by atoms with Crippen LogP contribution in [-0.4, -0.2) is 53.6 Å². The van der Waals surface area contributed by atoms with Gasteiger partial charge in [0.15, 0.2) is 0 Å². The summed E-state index contributed by atoms with van der Waals surface area (Å²) in [5.41, 5.74) is 0. The molecule has 0 spiro atoms. The minimum Gasteiger partial charge on any atom is -0.480 e. The molecule has 1 fully saturated rings. The second-order valence-electron chi connectivity index (χ2n) is 5.37. The smallest absolute Gasteiger partial charge is 0.323 e. The summed E-state index contributed by atoms with van der Waals surface area (Å²) in [6, 6.07) is -0.179. The predicted molar refractivity (Wildman–Crippen MR) is 77.9 cm³/mol. The van der Waals surface area contributed by atoms with Gasteiger partial charge in [0.05, 0.1) is 6.54 Å². The highest BCUT2D eigenvalue weighted by molar-refractivity contribution is 5.86. The fourth-order valence-electron chi connectivity index (χ4n) is 2.48. The van der Waals surface area contributed by atoms with Crippen molar-refractivity contribution in [3.05, 3.63) is 0 Å². The molecule has 0 radical (unpaired) electrons. The van der Waals surface area contributed by atoms with Crippen LogP contribution in [0, 0.1) is 0 Å². The monoisotopic (exact) mass is 299 g/mol. The molecule has 1 aliphatic rings. The molecule has 1 rings (SSSR count). The van der Waals surface area contributed by atoms with Crippen molar-refractivity contribution in [2.45, 2.75) is 51.5 Å². The minimum absolute atomic E-state index is 0.175. The van der Waals surface area contributed by atoms with Crippen LogP contribution in [0.4, 0.5) is 4.79 Å². The molecule has 0 aromatic carbocycles. The summed E-state index contributed by atoms with van der Waals surface area (Å²) in [4.78, 5) is 35.5. The lowest BCUT2D eigenvalue weighted by Gasteiger charge is -2.23. The fraction of sp³-hybridized carbons (Fsp3) is 0.786. The Morgan fingerprint density at radius 3 is 2.43 bits per heavy atom. The van der Waals surface area contributed by atoms with Crippen LogP contribution in [0.3, 0.4) is 0 Å². The SMILES string of the molecule is CCCN(CC(=O)O)C(=O)CNC(=O)NC1CCCCC1. The average Bonchev–Trinajstić information content (AvgIpc) is 2.45. The van der Waals surface area contributed by atoms with Gasteiger partial charge in [-0.15, -0.1) is 0 Å². The number of nitrogens with one attached hydrogen (secondary N) is 2. The Balaban J connectivity index is 2.31. The van der Waals surface area contributed by atoms with E-state index in [4.69, 9.17) is 5.11 Å². The number of urea groups is 1. The Hall–Kier alpha value is -1.79. The number of aliphatic carboxylic acids is 1. The number of amides is 3. The number of nitrogens with zero attached hydrogens (tertiary/aromatic N) is 1. The van der Waals surface area contributed by atoms with E-state index < -0.39 is 5.97 Å². The first-order chi connectivity index (χ1) is 10.0. The van der Waals surface area contributed by atoms with E-state index in [0.717, 1.165) is 25.7 Å². The van der Waals surface area contributed by atoms with Crippen molar-refractivity contribution in [1.29, 1.82) is 0 Å². The molecule has 1 aliphatic carbocycles.